The predicted octanol–water partition coefficient (Wildman–Crippen LogP) is 7.18. The Bertz CT molecular complexity index is 1800. The van der Waals surface area contributed by atoms with Crippen molar-refractivity contribution >= 4 is 34.4 Å². The van der Waals surface area contributed by atoms with Gasteiger partial charge in [-0.15, -0.1) is 0 Å². The van der Waals surface area contributed by atoms with Crippen LogP contribution in [-0.4, -0.2) is 18.0 Å². The number of nitro benzene ring substituents is 1. The van der Waals surface area contributed by atoms with Crippen molar-refractivity contribution in [3.05, 3.63) is 130 Å². The van der Waals surface area contributed by atoms with E-state index >= 15 is 0 Å². The average molecular weight is 533 g/mol. The number of non-ortho nitro benzene ring substituents is 1. The molecule has 0 aliphatic carbocycles. The SMILES string of the molecule is COc1ccc(-c2cc(=Nc3ccc(OC(=O)/C=C/c4cccc([N+](=O)[O-])c4)cc3)c3cc(C)ccc3o2)cc1. The lowest BCUT2D eigenvalue weighted by molar-refractivity contribution is -0.384. The molecular formula is C32H24N2O6. The van der Waals surface area contributed by atoms with Crippen LogP contribution in [0, 0.1) is 17.0 Å². The van der Waals surface area contributed by atoms with Gasteiger partial charge in [-0.3, -0.25) is 10.1 Å². The molecule has 0 amide bonds. The van der Waals surface area contributed by atoms with E-state index in [9.17, 15) is 14.9 Å². The molecule has 0 radical (unpaired) electrons. The van der Waals surface area contributed by atoms with E-state index in [1.54, 1.807) is 43.5 Å². The summed E-state index contributed by atoms with van der Waals surface area (Å²) in [5.41, 5.74) is 3.81. The lowest BCUT2D eigenvalue weighted by atomic mass is 10.1. The third-order valence-corrected chi connectivity index (χ3v) is 6.07. The number of carbonyl (C=O) groups excluding carboxylic acids is 1. The first-order valence-corrected chi connectivity index (χ1v) is 12.4. The molecule has 0 N–H and O–H groups in total. The van der Waals surface area contributed by atoms with E-state index in [4.69, 9.17) is 18.9 Å². The fourth-order valence-corrected chi connectivity index (χ4v) is 4.06. The highest BCUT2D eigenvalue weighted by Crippen LogP contribution is 2.26. The molecule has 4 aromatic carbocycles. The second-order valence-corrected chi connectivity index (χ2v) is 8.94. The fraction of sp³-hybridized carbons (Fsp3) is 0.0625. The number of hydrogen-bond donors (Lipinski definition) is 0. The highest BCUT2D eigenvalue weighted by atomic mass is 16.6. The third kappa shape index (κ3) is 6.14. The molecule has 0 aliphatic heterocycles. The molecular weight excluding hydrogens is 508 g/mol. The third-order valence-electron chi connectivity index (χ3n) is 6.07. The molecule has 1 heterocycles. The minimum atomic E-state index is -0.605. The van der Waals surface area contributed by atoms with E-state index < -0.39 is 10.9 Å². The van der Waals surface area contributed by atoms with Gasteiger partial charge in [0.25, 0.3) is 5.69 Å². The number of nitro groups is 1. The fourth-order valence-electron chi connectivity index (χ4n) is 4.06. The summed E-state index contributed by atoms with van der Waals surface area (Å²) in [6.07, 6.45) is 2.69. The highest BCUT2D eigenvalue weighted by molar-refractivity contribution is 5.88. The zero-order chi connectivity index (χ0) is 28.1. The van der Waals surface area contributed by atoms with Crippen LogP contribution in [0.5, 0.6) is 11.5 Å². The molecule has 0 saturated carbocycles. The summed E-state index contributed by atoms with van der Waals surface area (Å²) in [6, 6.07) is 28.3. The van der Waals surface area contributed by atoms with E-state index in [1.807, 2.05) is 55.5 Å². The van der Waals surface area contributed by atoms with Crippen molar-refractivity contribution in [3.63, 3.8) is 0 Å². The standard InChI is InChI=1S/C32H24N2O6/c1-21-6-16-30-28(18-21)29(20-31(40-30)23-8-12-26(38-2)13-9-23)33-24-10-14-27(15-11-24)39-32(35)17-7-22-4-3-5-25(19-22)34(36)37/h3-20H,1-2H3/b17-7+,33-29?. The van der Waals surface area contributed by atoms with E-state index in [-0.39, 0.29) is 5.69 Å². The second kappa shape index (κ2) is 11.5. The van der Waals surface area contributed by atoms with Gasteiger partial charge in [-0.25, -0.2) is 9.79 Å². The van der Waals surface area contributed by atoms with Crippen LogP contribution >= 0.6 is 0 Å². The van der Waals surface area contributed by atoms with Crippen molar-refractivity contribution in [1.82, 2.24) is 0 Å². The molecule has 0 unspecified atom stereocenters. The van der Waals surface area contributed by atoms with Crippen molar-refractivity contribution in [1.29, 1.82) is 0 Å². The molecule has 1 aromatic heterocycles. The zero-order valence-corrected chi connectivity index (χ0v) is 21.7. The van der Waals surface area contributed by atoms with Gasteiger partial charge in [-0.1, -0.05) is 23.8 Å². The molecule has 8 heteroatoms. The smallest absolute Gasteiger partial charge is 0.336 e. The van der Waals surface area contributed by atoms with Crippen molar-refractivity contribution in [2.45, 2.75) is 6.92 Å². The van der Waals surface area contributed by atoms with Gasteiger partial charge in [-0.05, 0) is 79.2 Å². The van der Waals surface area contributed by atoms with E-state index in [0.29, 0.717) is 28.3 Å². The van der Waals surface area contributed by atoms with Gasteiger partial charge in [0.15, 0.2) is 0 Å². The lowest BCUT2D eigenvalue weighted by Crippen LogP contribution is -2.04. The molecule has 0 atom stereocenters. The number of carbonyl (C=O) groups is 1. The van der Waals surface area contributed by atoms with Gasteiger partial charge in [0.1, 0.15) is 22.8 Å². The Morgan fingerprint density at radius 1 is 0.925 bits per heavy atom. The lowest BCUT2D eigenvalue weighted by Gasteiger charge is -2.07. The monoisotopic (exact) mass is 532 g/mol. The maximum absolute atomic E-state index is 12.3. The zero-order valence-electron chi connectivity index (χ0n) is 21.7. The van der Waals surface area contributed by atoms with Gasteiger partial charge in [0.05, 0.1) is 23.1 Å². The van der Waals surface area contributed by atoms with Crippen LogP contribution < -0.4 is 14.8 Å². The number of methoxy groups -OCH3 is 1. The predicted molar refractivity (Wildman–Crippen MR) is 152 cm³/mol. The van der Waals surface area contributed by atoms with Gasteiger partial charge in [0.2, 0.25) is 0 Å². The Morgan fingerprint density at radius 3 is 2.40 bits per heavy atom. The average Bonchev–Trinajstić information content (AvgIpc) is 2.97. The van der Waals surface area contributed by atoms with Gasteiger partial charge >= 0.3 is 5.97 Å². The Kier molecular flexibility index (Phi) is 7.50. The Hall–Kier alpha value is -5.50. The normalized spacial score (nSPS) is 11.6. The first kappa shape index (κ1) is 26.1. The molecule has 0 fully saturated rings. The van der Waals surface area contributed by atoms with Gasteiger partial charge in [0, 0.05) is 35.2 Å². The summed E-state index contributed by atoms with van der Waals surface area (Å²) in [7, 11) is 1.62. The summed E-state index contributed by atoms with van der Waals surface area (Å²) in [4.78, 5) is 27.6. The van der Waals surface area contributed by atoms with Gasteiger partial charge < -0.3 is 13.9 Å². The van der Waals surface area contributed by atoms with Crippen LogP contribution in [0.25, 0.3) is 28.4 Å². The van der Waals surface area contributed by atoms with Crippen molar-refractivity contribution < 1.29 is 23.6 Å². The number of benzene rings is 4. The second-order valence-electron chi connectivity index (χ2n) is 8.94. The molecule has 0 bridgehead atoms. The molecule has 0 spiro atoms. The highest BCUT2D eigenvalue weighted by Gasteiger charge is 2.08. The van der Waals surface area contributed by atoms with Crippen molar-refractivity contribution in [2.75, 3.05) is 7.11 Å². The summed E-state index contributed by atoms with van der Waals surface area (Å²) < 4.78 is 16.8. The van der Waals surface area contributed by atoms with Gasteiger partial charge in [-0.2, -0.15) is 0 Å². The first-order chi connectivity index (χ1) is 19.4. The van der Waals surface area contributed by atoms with Crippen molar-refractivity contribution in [3.8, 4) is 22.8 Å². The molecule has 198 valence electrons. The topological polar surface area (TPSA) is 104 Å². The summed E-state index contributed by atoms with van der Waals surface area (Å²) in [6.45, 7) is 2.01. The van der Waals surface area contributed by atoms with Crippen LogP contribution in [0.2, 0.25) is 0 Å². The number of ether oxygens (including phenoxy) is 2. The van der Waals surface area contributed by atoms with E-state index in [0.717, 1.165) is 27.6 Å². The number of aryl methyl sites for hydroxylation is 1. The Balaban J connectivity index is 1.40. The maximum atomic E-state index is 12.3. The number of nitrogens with zero attached hydrogens (tertiary/aromatic N) is 2. The number of fused-ring (bicyclic) bond motifs is 1. The summed E-state index contributed by atoms with van der Waals surface area (Å²) in [5.74, 6) is 1.16. The van der Waals surface area contributed by atoms with E-state index in [1.165, 1.54) is 24.3 Å². The number of esters is 1. The molecule has 8 nitrogen and oxygen atoms in total. The van der Waals surface area contributed by atoms with Crippen LogP contribution in [0.3, 0.4) is 0 Å². The molecule has 0 saturated heterocycles. The largest absolute Gasteiger partial charge is 0.497 e. The molecule has 40 heavy (non-hydrogen) atoms. The van der Waals surface area contributed by atoms with E-state index in [2.05, 4.69) is 0 Å². The summed E-state index contributed by atoms with van der Waals surface area (Å²) in [5, 5.41) is 12.5. The van der Waals surface area contributed by atoms with Crippen LogP contribution in [0.4, 0.5) is 11.4 Å². The number of rotatable bonds is 7. The molecule has 0 aliphatic rings. The maximum Gasteiger partial charge on any atom is 0.336 e. The van der Waals surface area contributed by atoms with Crippen LogP contribution in [0.15, 0.2) is 113 Å². The molecule has 5 rings (SSSR count). The quantitative estimate of drug-likeness (QED) is 0.0723. The minimum Gasteiger partial charge on any atom is -0.497 e. The molecule has 5 aromatic rings. The van der Waals surface area contributed by atoms with Crippen LogP contribution in [-0.2, 0) is 4.79 Å². The minimum absolute atomic E-state index is 0.0546. The Labute approximate surface area is 229 Å². The van der Waals surface area contributed by atoms with Crippen LogP contribution in [0.1, 0.15) is 11.1 Å². The van der Waals surface area contributed by atoms with Crippen molar-refractivity contribution in [2.24, 2.45) is 4.99 Å². The summed E-state index contributed by atoms with van der Waals surface area (Å²) >= 11 is 0. The number of hydrogen-bond acceptors (Lipinski definition) is 7. The Morgan fingerprint density at radius 2 is 1.68 bits per heavy atom. The first-order valence-electron chi connectivity index (χ1n) is 12.4.